The van der Waals surface area contributed by atoms with Gasteiger partial charge in [-0.05, 0) is 12.0 Å². The Morgan fingerprint density at radius 1 is 0.824 bits per heavy atom. The highest BCUT2D eigenvalue weighted by molar-refractivity contribution is 7.67. The predicted molar refractivity (Wildman–Crippen MR) is 101 cm³/mol. The molecular weight excluding hydrogens is 193 g/mol. The quantitative estimate of drug-likeness (QED) is 0.275. The molecule has 0 saturated carbocycles. The summed E-state index contributed by atoms with van der Waals surface area (Å²) in [5, 5.41) is 0. The van der Waals surface area contributed by atoms with Crippen LogP contribution in [0.3, 0.4) is 0 Å². The summed E-state index contributed by atoms with van der Waals surface area (Å²) < 4.78 is 0. The summed E-state index contributed by atoms with van der Waals surface area (Å²) in [6, 6.07) is 10.9. The first-order chi connectivity index (χ1) is 8.43. The molecule has 0 aliphatic rings. The Kier molecular flexibility index (Phi) is 9.55. The summed E-state index contributed by atoms with van der Waals surface area (Å²) in [5.41, 5.74) is 1.50. The van der Waals surface area contributed by atoms with Crippen molar-refractivity contribution in [3.8, 4) is 0 Å². The van der Waals surface area contributed by atoms with E-state index in [9.17, 15) is 0 Å². The molecule has 0 aromatic heterocycles. The van der Waals surface area contributed by atoms with Crippen LogP contribution in [0.4, 0.5) is 0 Å². The van der Waals surface area contributed by atoms with Gasteiger partial charge < -0.3 is 0 Å². The van der Waals surface area contributed by atoms with Gasteiger partial charge in [0, 0.05) is 49.4 Å². The van der Waals surface area contributed by atoms with Crippen molar-refractivity contribution in [1.82, 2.24) is 0 Å². The summed E-state index contributed by atoms with van der Waals surface area (Å²) in [4.78, 5) is 0. The molecule has 1 aromatic rings. The lowest BCUT2D eigenvalue weighted by molar-refractivity contribution is 1.13. The van der Waals surface area contributed by atoms with Gasteiger partial charge in [0.05, 0.1) is 14.9 Å². The third kappa shape index (κ3) is 8.52. The molecule has 0 saturated heterocycles. The zero-order chi connectivity index (χ0) is 12.2. The number of hydrogen-bond donors (Lipinski definition) is 0. The summed E-state index contributed by atoms with van der Waals surface area (Å²) in [6.07, 6.45) is 2.62. The van der Waals surface area contributed by atoms with Crippen LogP contribution in [0.15, 0.2) is 30.3 Å². The van der Waals surface area contributed by atoms with Crippen LogP contribution >= 0.6 is 0 Å². The molecule has 0 N–H and O–H groups in total. The lowest BCUT2D eigenvalue weighted by Crippen LogP contribution is -2.30. The van der Waals surface area contributed by atoms with E-state index in [2.05, 4.69) is 38.1 Å². The van der Waals surface area contributed by atoms with Crippen LogP contribution < -0.4 is 0 Å². The second-order valence-corrected chi connectivity index (χ2v) is 5.06. The first-order valence-corrected chi connectivity index (χ1v) is 7.47. The van der Waals surface area contributed by atoms with Gasteiger partial charge in [0.1, 0.15) is 0 Å². The number of rotatable bonds is 10. The van der Waals surface area contributed by atoms with Crippen molar-refractivity contribution < 1.29 is 0 Å². The van der Waals surface area contributed by atoms with Gasteiger partial charge >= 0.3 is 0 Å². The maximum absolute atomic E-state index is 2.28. The number of aryl methyl sites for hydroxylation is 1. The molecule has 0 aliphatic heterocycles. The van der Waals surface area contributed by atoms with Gasteiger partial charge in [0.15, 0.2) is 0 Å². The van der Waals surface area contributed by atoms with Crippen molar-refractivity contribution in [2.75, 3.05) is 0 Å². The zero-order valence-electron chi connectivity index (χ0n) is 11.5. The van der Waals surface area contributed by atoms with Crippen LogP contribution in [0.2, 0.25) is 6.32 Å². The van der Waals surface area contributed by atoms with Gasteiger partial charge in [-0.25, -0.2) is 0 Å². The third-order valence-electron chi connectivity index (χ3n) is 3.41. The van der Waals surface area contributed by atoms with Crippen LogP contribution in [-0.4, -0.2) is 64.3 Å². The van der Waals surface area contributed by atoms with E-state index in [1.54, 1.807) is 0 Å². The van der Waals surface area contributed by atoms with Crippen molar-refractivity contribution in [1.29, 1.82) is 0 Å². The van der Waals surface area contributed by atoms with E-state index in [0.717, 1.165) is 0 Å². The van der Waals surface area contributed by atoms with E-state index < -0.39 is 0 Å². The van der Waals surface area contributed by atoms with E-state index in [4.69, 9.17) is 0 Å². The highest BCUT2D eigenvalue weighted by Gasteiger charge is 2.00. The van der Waals surface area contributed by atoms with E-state index in [-0.39, 0.29) is 0 Å². The van der Waals surface area contributed by atoms with Crippen LogP contribution in [-0.2, 0) is 6.42 Å². The highest BCUT2D eigenvalue weighted by Crippen LogP contribution is 2.01. The molecule has 1 aromatic carbocycles. The van der Waals surface area contributed by atoms with Crippen LogP contribution in [0.25, 0.3) is 0 Å². The zero-order valence-corrected chi connectivity index (χ0v) is 11.5. The molecule has 0 atom stereocenters. The molecule has 0 aliphatic carbocycles. The summed E-state index contributed by atoms with van der Waals surface area (Å²) in [5.74, 6) is 0. The molecular formula is C8H19B9. The molecule has 17 heavy (non-hydrogen) atoms. The fraction of sp³-hybridized carbons (Fsp3) is 0.250. The van der Waals surface area contributed by atoms with Gasteiger partial charge in [-0.2, -0.15) is 0 Å². The van der Waals surface area contributed by atoms with Crippen molar-refractivity contribution in [2.24, 2.45) is 0 Å². The van der Waals surface area contributed by atoms with Crippen molar-refractivity contribution in [3.63, 3.8) is 0 Å². The van der Waals surface area contributed by atoms with E-state index in [1.165, 1.54) is 74.9 Å². The molecule has 78 valence electrons. The van der Waals surface area contributed by atoms with Crippen LogP contribution in [0.5, 0.6) is 0 Å². The van der Waals surface area contributed by atoms with Crippen LogP contribution in [0, 0.1) is 0 Å². The summed E-state index contributed by atoms with van der Waals surface area (Å²) in [7, 11) is 13.7. The van der Waals surface area contributed by atoms with Crippen molar-refractivity contribution >= 4 is 64.3 Å². The maximum Gasteiger partial charge on any atom is 0.0780 e. The lowest BCUT2D eigenvalue weighted by atomic mass is 8.90. The molecule has 1 rings (SSSR count). The van der Waals surface area contributed by atoms with Crippen molar-refractivity contribution in [2.45, 2.75) is 12.7 Å². The Morgan fingerprint density at radius 2 is 1.47 bits per heavy atom. The monoisotopic (exact) mass is 214 g/mol. The van der Waals surface area contributed by atoms with Gasteiger partial charge in [-0.3, -0.25) is 0 Å². The highest BCUT2D eigenvalue weighted by atomic mass is 13.9. The molecule has 9 heteroatoms. The summed E-state index contributed by atoms with van der Waals surface area (Å²) in [6.45, 7) is 0. The predicted octanol–water partition coefficient (Wildman–Crippen LogP) is -3.91. The Labute approximate surface area is 113 Å². The largest absolute Gasteiger partial charge is 0.0814 e. The molecule has 0 nitrogen and oxygen atoms in total. The molecule has 0 amide bonds. The van der Waals surface area contributed by atoms with E-state index in [0.29, 0.717) is 0 Å². The first-order valence-electron chi connectivity index (χ1n) is 7.47. The Morgan fingerprint density at radius 3 is 2.18 bits per heavy atom. The third-order valence-corrected chi connectivity index (χ3v) is 3.41. The molecule has 0 fully saturated rings. The topological polar surface area (TPSA) is 0 Å². The number of hydrogen-bond acceptors (Lipinski definition) is 0. The van der Waals surface area contributed by atoms with Gasteiger partial charge in [-0.1, -0.05) is 36.7 Å². The number of benzene rings is 1. The fourth-order valence-electron chi connectivity index (χ4n) is 2.28. The minimum atomic E-state index is 1.26. The van der Waals surface area contributed by atoms with Crippen LogP contribution in [0.1, 0.15) is 5.56 Å². The fourth-order valence-corrected chi connectivity index (χ4v) is 2.28. The first kappa shape index (κ1) is 14.9. The van der Waals surface area contributed by atoms with Gasteiger partial charge in [-0.15, -0.1) is 0 Å². The molecule has 0 heterocycles. The minimum absolute atomic E-state index is 1.26. The normalized spacial score (nSPS) is 8.71. The lowest BCUT2D eigenvalue weighted by Gasteiger charge is -1.98. The van der Waals surface area contributed by atoms with Gasteiger partial charge in [0.2, 0.25) is 0 Å². The standard InChI is InChI=1S/C8H19B9/c9-11-13-15-17-16-14-12-10-7-6-8-4-2-1-3-5-8/h1-5,10-17H,6-7,9H2. The second-order valence-electron chi connectivity index (χ2n) is 5.06. The summed E-state index contributed by atoms with van der Waals surface area (Å²) >= 11 is 0. The average Bonchev–Trinajstić information content (AvgIpc) is 2.38. The van der Waals surface area contributed by atoms with E-state index in [1.807, 2.05) is 0 Å². The smallest absolute Gasteiger partial charge is 0.0780 e. The Bertz CT molecular complexity index is 267. The minimum Gasteiger partial charge on any atom is -0.0814 e. The Hall–Kier alpha value is -0.196. The molecule has 0 bridgehead atoms. The average molecular weight is 213 g/mol. The second kappa shape index (κ2) is 10.9. The maximum atomic E-state index is 2.28. The Balaban J connectivity index is 1.85. The molecule has 0 spiro atoms. The van der Waals surface area contributed by atoms with E-state index >= 15 is 0 Å². The molecule has 0 unspecified atom stereocenters. The van der Waals surface area contributed by atoms with Gasteiger partial charge in [0.25, 0.3) is 0 Å². The SMILES string of the molecule is BBBBBBBBBCCc1ccccc1. The van der Waals surface area contributed by atoms with Crippen molar-refractivity contribution in [3.05, 3.63) is 35.9 Å². The molecule has 0 radical (unpaired) electrons.